The first-order valence-corrected chi connectivity index (χ1v) is 11.1. The number of halogens is 3. The molecule has 1 atom stereocenters. The van der Waals surface area contributed by atoms with E-state index < -0.39 is 34.2 Å². The number of carbonyl (C=O) groups is 1. The summed E-state index contributed by atoms with van der Waals surface area (Å²) in [5, 5.41) is 0.833. The largest absolute Gasteiger partial charge is 0.481 e. The van der Waals surface area contributed by atoms with Gasteiger partial charge in [-0.1, -0.05) is 41.4 Å². The fourth-order valence-corrected chi connectivity index (χ4v) is 5.26. The van der Waals surface area contributed by atoms with Gasteiger partial charge in [0.15, 0.2) is 28.0 Å². The lowest BCUT2D eigenvalue weighted by atomic mass is 10.1. The van der Waals surface area contributed by atoms with Gasteiger partial charge < -0.3 is 9.64 Å². The van der Waals surface area contributed by atoms with E-state index in [0.29, 0.717) is 22.0 Å². The summed E-state index contributed by atoms with van der Waals surface area (Å²) >= 11 is 12.1. The van der Waals surface area contributed by atoms with Crippen molar-refractivity contribution in [3.63, 3.8) is 0 Å². The molecule has 0 aliphatic carbocycles. The fraction of sp³-hybridized carbons (Fsp3) is 0.316. The van der Waals surface area contributed by atoms with Crippen molar-refractivity contribution in [3.8, 4) is 5.75 Å². The predicted octanol–water partition coefficient (Wildman–Crippen LogP) is 3.73. The summed E-state index contributed by atoms with van der Waals surface area (Å²) in [6, 6.07) is 10.2. The van der Waals surface area contributed by atoms with Gasteiger partial charge >= 0.3 is 0 Å². The summed E-state index contributed by atoms with van der Waals surface area (Å²) in [4.78, 5) is 14.3. The Hall–Kier alpha value is -1.83. The quantitative estimate of drug-likeness (QED) is 0.679. The SMILES string of the molecule is O=C(COc1ccccc1F)N(Cc1ccc(Cl)cc1Cl)[C@H]1CCS(=O)(=O)C1. The van der Waals surface area contributed by atoms with Crippen LogP contribution in [0.1, 0.15) is 12.0 Å². The zero-order chi connectivity index (χ0) is 20.3. The molecule has 28 heavy (non-hydrogen) atoms. The van der Waals surface area contributed by atoms with E-state index >= 15 is 0 Å². The number of carbonyl (C=O) groups excluding carboxylic acids is 1. The third kappa shape index (κ3) is 5.16. The van der Waals surface area contributed by atoms with Crippen molar-refractivity contribution in [2.75, 3.05) is 18.1 Å². The normalized spacial score (nSPS) is 18.0. The van der Waals surface area contributed by atoms with Crippen LogP contribution in [0, 0.1) is 5.82 Å². The highest BCUT2D eigenvalue weighted by atomic mass is 35.5. The van der Waals surface area contributed by atoms with E-state index in [0.717, 1.165) is 0 Å². The van der Waals surface area contributed by atoms with Gasteiger partial charge in [-0.05, 0) is 36.2 Å². The van der Waals surface area contributed by atoms with Crippen LogP contribution in [-0.4, -0.2) is 43.4 Å². The van der Waals surface area contributed by atoms with E-state index in [9.17, 15) is 17.6 Å². The highest BCUT2D eigenvalue weighted by Gasteiger charge is 2.35. The summed E-state index contributed by atoms with van der Waals surface area (Å²) in [7, 11) is -3.21. The van der Waals surface area contributed by atoms with Crippen LogP contribution in [-0.2, 0) is 21.2 Å². The minimum absolute atomic E-state index is 0.0178. The molecule has 0 bridgehead atoms. The number of ether oxygens (including phenoxy) is 1. The second-order valence-electron chi connectivity index (χ2n) is 6.53. The minimum atomic E-state index is -3.21. The molecule has 5 nitrogen and oxygen atoms in total. The molecule has 2 aromatic rings. The molecule has 1 aliphatic heterocycles. The molecule has 0 N–H and O–H groups in total. The maximum absolute atomic E-state index is 13.7. The summed E-state index contributed by atoms with van der Waals surface area (Å²) < 4.78 is 42.8. The Kier molecular flexibility index (Phi) is 6.47. The monoisotopic (exact) mass is 445 g/mol. The Balaban J connectivity index is 1.79. The molecule has 0 saturated carbocycles. The van der Waals surface area contributed by atoms with E-state index in [1.165, 1.54) is 23.1 Å². The van der Waals surface area contributed by atoms with Crippen molar-refractivity contribution in [2.24, 2.45) is 0 Å². The van der Waals surface area contributed by atoms with Crippen LogP contribution in [0.25, 0.3) is 0 Å². The zero-order valence-electron chi connectivity index (χ0n) is 14.8. The maximum Gasteiger partial charge on any atom is 0.261 e. The zero-order valence-corrected chi connectivity index (χ0v) is 17.1. The topological polar surface area (TPSA) is 63.7 Å². The van der Waals surface area contributed by atoms with Gasteiger partial charge in [0.05, 0.1) is 11.5 Å². The molecular formula is C19H18Cl2FNO4S. The third-order valence-electron chi connectivity index (χ3n) is 4.51. The molecule has 0 aromatic heterocycles. The first kappa shape index (κ1) is 20.9. The molecule has 1 heterocycles. The van der Waals surface area contributed by atoms with Gasteiger partial charge in [0, 0.05) is 22.6 Å². The Morgan fingerprint density at radius 1 is 1.21 bits per heavy atom. The number of hydrogen-bond acceptors (Lipinski definition) is 4. The van der Waals surface area contributed by atoms with Crippen molar-refractivity contribution in [2.45, 2.75) is 19.0 Å². The fourth-order valence-electron chi connectivity index (χ4n) is 3.06. The van der Waals surface area contributed by atoms with E-state index in [1.807, 2.05) is 0 Å². The number of hydrogen-bond donors (Lipinski definition) is 0. The summed E-state index contributed by atoms with van der Waals surface area (Å²) in [6.07, 6.45) is 0.332. The lowest BCUT2D eigenvalue weighted by molar-refractivity contribution is -0.136. The van der Waals surface area contributed by atoms with Crippen LogP contribution >= 0.6 is 23.2 Å². The van der Waals surface area contributed by atoms with Crippen LogP contribution in [0.2, 0.25) is 10.0 Å². The summed E-state index contributed by atoms with van der Waals surface area (Å²) in [5.74, 6) is -1.17. The molecule has 0 radical (unpaired) electrons. The molecule has 0 unspecified atom stereocenters. The molecule has 150 valence electrons. The Bertz CT molecular complexity index is 984. The van der Waals surface area contributed by atoms with E-state index in [-0.39, 0.29) is 23.8 Å². The number of para-hydroxylation sites is 1. The molecule has 2 aromatic carbocycles. The van der Waals surface area contributed by atoms with Crippen LogP contribution in [0.5, 0.6) is 5.75 Å². The molecule has 3 rings (SSSR count). The van der Waals surface area contributed by atoms with Gasteiger partial charge in [0.2, 0.25) is 0 Å². The molecular weight excluding hydrogens is 428 g/mol. The van der Waals surface area contributed by atoms with Crippen LogP contribution in [0.15, 0.2) is 42.5 Å². The van der Waals surface area contributed by atoms with Crippen molar-refractivity contribution >= 4 is 38.9 Å². The second-order valence-corrected chi connectivity index (χ2v) is 9.61. The van der Waals surface area contributed by atoms with Gasteiger partial charge in [0.1, 0.15) is 0 Å². The highest BCUT2D eigenvalue weighted by Crippen LogP contribution is 2.26. The van der Waals surface area contributed by atoms with Crippen LogP contribution < -0.4 is 4.74 Å². The predicted molar refractivity (Wildman–Crippen MR) is 106 cm³/mol. The Morgan fingerprint density at radius 2 is 1.96 bits per heavy atom. The molecule has 1 aliphatic rings. The molecule has 1 fully saturated rings. The van der Waals surface area contributed by atoms with Crippen LogP contribution in [0.3, 0.4) is 0 Å². The number of rotatable bonds is 6. The first-order chi connectivity index (χ1) is 13.2. The number of sulfone groups is 1. The highest BCUT2D eigenvalue weighted by molar-refractivity contribution is 7.91. The average Bonchev–Trinajstić information content (AvgIpc) is 2.99. The molecule has 1 amide bonds. The average molecular weight is 446 g/mol. The lowest BCUT2D eigenvalue weighted by Crippen LogP contribution is -2.43. The number of benzene rings is 2. The molecule has 9 heteroatoms. The van der Waals surface area contributed by atoms with E-state index in [1.54, 1.807) is 24.3 Å². The van der Waals surface area contributed by atoms with Gasteiger partial charge in [-0.15, -0.1) is 0 Å². The summed E-state index contributed by atoms with van der Waals surface area (Å²) in [5.41, 5.74) is 0.634. The third-order valence-corrected chi connectivity index (χ3v) is 6.85. The van der Waals surface area contributed by atoms with Gasteiger partial charge in [-0.25, -0.2) is 12.8 Å². The minimum Gasteiger partial charge on any atom is -0.481 e. The second kappa shape index (κ2) is 8.68. The molecule has 0 spiro atoms. The van der Waals surface area contributed by atoms with E-state index in [4.69, 9.17) is 27.9 Å². The van der Waals surface area contributed by atoms with Crippen LogP contribution in [0.4, 0.5) is 4.39 Å². The number of amides is 1. The maximum atomic E-state index is 13.7. The van der Waals surface area contributed by atoms with Gasteiger partial charge in [0.25, 0.3) is 5.91 Å². The van der Waals surface area contributed by atoms with E-state index in [2.05, 4.69) is 0 Å². The Labute approximate surface area is 172 Å². The van der Waals surface area contributed by atoms with Gasteiger partial charge in [-0.2, -0.15) is 0 Å². The van der Waals surface area contributed by atoms with Crippen molar-refractivity contribution in [1.29, 1.82) is 0 Å². The Morgan fingerprint density at radius 3 is 2.61 bits per heavy atom. The van der Waals surface area contributed by atoms with Gasteiger partial charge in [-0.3, -0.25) is 4.79 Å². The smallest absolute Gasteiger partial charge is 0.261 e. The standard InChI is InChI=1S/C19H18Cl2FNO4S/c20-14-6-5-13(16(21)9-14)10-23(15-7-8-28(25,26)12-15)19(24)11-27-18-4-2-1-3-17(18)22/h1-6,9,15H,7-8,10-12H2/t15-/m0/s1. The van der Waals surface area contributed by atoms with Crippen molar-refractivity contribution in [3.05, 3.63) is 63.9 Å². The van der Waals surface area contributed by atoms with Crippen molar-refractivity contribution in [1.82, 2.24) is 4.90 Å². The van der Waals surface area contributed by atoms with Crippen molar-refractivity contribution < 1.29 is 22.3 Å². The number of nitrogens with zero attached hydrogens (tertiary/aromatic N) is 1. The lowest BCUT2D eigenvalue weighted by Gasteiger charge is -2.29. The first-order valence-electron chi connectivity index (χ1n) is 8.56. The summed E-state index contributed by atoms with van der Waals surface area (Å²) in [6.45, 7) is -0.307. The molecule has 1 saturated heterocycles.